The van der Waals surface area contributed by atoms with E-state index in [-0.39, 0.29) is 17.4 Å². The van der Waals surface area contributed by atoms with Crippen molar-refractivity contribution in [3.8, 4) is 0 Å². The van der Waals surface area contributed by atoms with Gasteiger partial charge in [0, 0.05) is 29.7 Å². The topological polar surface area (TPSA) is 81.0 Å². The summed E-state index contributed by atoms with van der Waals surface area (Å²) in [7, 11) is 0. The van der Waals surface area contributed by atoms with Crippen LogP contribution in [-0.2, 0) is 12.7 Å². The van der Waals surface area contributed by atoms with Gasteiger partial charge in [0.1, 0.15) is 0 Å². The normalized spacial score (nSPS) is 11.3. The van der Waals surface area contributed by atoms with E-state index < -0.39 is 16.9 Å². The molecule has 0 aliphatic heterocycles. The average molecular weight is 304 g/mol. The van der Waals surface area contributed by atoms with Gasteiger partial charge in [-0.15, -0.1) is 0 Å². The second-order valence-corrected chi connectivity index (χ2v) is 4.41. The Morgan fingerprint density at radius 3 is 2.65 bits per heavy atom. The summed E-state index contributed by atoms with van der Waals surface area (Å²) >= 11 is 0.548. The highest BCUT2D eigenvalue weighted by Crippen LogP contribution is 2.29. The fourth-order valence-electron chi connectivity index (χ4n) is 1.42. The zero-order chi connectivity index (χ0) is 14.8. The summed E-state index contributed by atoms with van der Waals surface area (Å²) in [6.45, 7) is -0.0103. The minimum atomic E-state index is -4.60. The summed E-state index contributed by atoms with van der Waals surface area (Å²) in [5.41, 5.74) is 0.238. The van der Waals surface area contributed by atoms with E-state index in [1.807, 2.05) is 0 Å². The molecule has 10 heteroatoms. The highest BCUT2D eigenvalue weighted by molar-refractivity contribution is 7.09. The molecule has 6 nitrogen and oxygen atoms in total. The van der Waals surface area contributed by atoms with Crippen molar-refractivity contribution in [1.82, 2.24) is 9.36 Å². The summed E-state index contributed by atoms with van der Waals surface area (Å²) in [5, 5.41) is 13.3. The Morgan fingerprint density at radius 2 is 2.05 bits per heavy atom. The molecule has 0 bridgehead atoms. The molecule has 1 heterocycles. The monoisotopic (exact) mass is 304 g/mol. The lowest BCUT2D eigenvalue weighted by atomic mass is 10.2. The second-order valence-electron chi connectivity index (χ2n) is 3.66. The fraction of sp³-hybridized carbons (Fsp3) is 0.200. The van der Waals surface area contributed by atoms with E-state index in [2.05, 4.69) is 14.7 Å². The Hall–Kier alpha value is -2.23. The van der Waals surface area contributed by atoms with Crippen LogP contribution < -0.4 is 5.32 Å². The van der Waals surface area contributed by atoms with Crippen molar-refractivity contribution in [2.24, 2.45) is 0 Å². The number of nitrogens with one attached hydrogen (secondary N) is 1. The summed E-state index contributed by atoms with van der Waals surface area (Å²) in [4.78, 5) is 13.5. The molecule has 0 aliphatic carbocycles. The number of anilines is 1. The zero-order valence-electron chi connectivity index (χ0n) is 9.72. The zero-order valence-corrected chi connectivity index (χ0v) is 10.5. The number of nitro groups is 1. The van der Waals surface area contributed by atoms with Crippen LogP contribution in [0.2, 0.25) is 0 Å². The van der Waals surface area contributed by atoms with E-state index in [1.54, 1.807) is 6.07 Å². The maximum atomic E-state index is 12.3. The molecule has 0 saturated carbocycles. The first-order valence-corrected chi connectivity index (χ1v) is 6.02. The first kappa shape index (κ1) is 14.2. The quantitative estimate of drug-likeness (QED) is 0.693. The molecule has 0 atom stereocenters. The van der Waals surface area contributed by atoms with Crippen LogP contribution in [0.3, 0.4) is 0 Å². The predicted octanol–water partition coefficient (Wildman–Crippen LogP) is 3.08. The van der Waals surface area contributed by atoms with Crippen LogP contribution in [0, 0.1) is 10.1 Å². The van der Waals surface area contributed by atoms with Crippen LogP contribution in [0.1, 0.15) is 11.4 Å². The van der Waals surface area contributed by atoms with Gasteiger partial charge in [0.05, 0.1) is 4.92 Å². The van der Waals surface area contributed by atoms with Gasteiger partial charge in [-0.3, -0.25) is 10.1 Å². The molecule has 2 rings (SSSR count). The van der Waals surface area contributed by atoms with E-state index in [9.17, 15) is 23.3 Å². The number of aromatic nitrogens is 2. The van der Waals surface area contributed by atoms with Gasteiger partial charge in [-0.2, -0.15) is 22.5 Å². The number of halogens is 3. The Morgan fingerprint density at radius 1 is 1.35 bits per heavy atom. The van der Waals surface area contributed by atoms with Crippen molar-refractivity contribution in [2.75, 3.05) is 5.32 Å². The van der Waals surface area contributed by atoms with Crippen molar-refractivity contribution >= 4 is 22.4 Å². The van der Waals surface area contributed by atoms with Gasteiger partial charge in [0.25, 0.3) is 5.69 Å². The van der Waals surface area contributed by atoms with E-state index in [1.165, 1.54) is 18.2 Å². The fourth-order valence-corrected chi connectivity index (χ4v) is 2.00. The standard InChI is InChI=1S/C10H7F3N4O2S/c11-10(12,13)8-15-9(20-16-8)14-5-6-3-1-2-4-7(6)17(18)19/h1-4H,5H2,(H,14,15,16). The van der Waals surface area contributed by atoms with Crippen LogP contribution >= 0.6 is 11.5 Å². The third-order valence-electron chi connectivity index (χ3n) is 2.30. The van der Waals surface area contributed by atoms with Crippen molar-refractivity contribution in [2.45, 2.75) is 12.7 Å². The first-order chi connectivity index (χ1) is 9.38. The third-order valence-corrected chi connectivity index (χ3v) is 2.97. The van der Waals surface area contributed by atoms with E-state index in [4.69, 9.17) is 0 Å². The SMILES string of the molecule is O=[N+]([O-])c1ccccc1CNc1nc(C(F)(F)F)ns1. The predicted molar refractivity (Wildman–Crippen MR) is 65.3 cm³/mol. The molecule has 0 saturated heterocycles. The summed E-state index contributed by atoms with van der Waals surface area (Å²) in [6.07, 6.45) is -4.60. The largest absolute Gasteiger partial charge is 0.452 e. The van der Waals surface area contributed by atoms with Crippen LogP contribution in [0.4, 0.5) is 24.0 Å². The molecule has 0 aliphatic rings. The average Bonchev–Trinajstić information content (AvgIpc) is 2.85. The van der Waals surface area contributed by atoms with Crippen molar-refractivity contribution in [3.63, 3.8) is 0 Å². The van der Waals surface area contributed by atoms with E-state index in [0.717, 1.165) is 0 Å². The smallest absolute Gasteiger partial charge is 0.356 e. The van der Waals surface area contributed by atoms with Crippen LogP contribution in [0.15, 0.2) is 24.3 Å². The molecule has 0 spiro atoms. The molecule has 0 radical (unpaired) electrons. The van der Waals surface area contributed by atoms with Gasteiger partial charge in [0.2, 0.25) is 11.0 Å². The van der Waals surface area contributed by atoms with Crippen LogP contribution in [0.5, 0.6) is 0 Å². The molecule has 2 aromatic rings. The van der Waals surface area contributed by atoms with Gasteiger partial charge in [-0.05, 0) is 0 Å². The lowest BCUT2D eigenvalue weighted by Gasteiger charge is -2.03. The molecule has 1 aromatic heterocycles. The molecule has 106 valence electrons. The van der Waals surface area contributed by atoms with Gasteiger partial charge in [-0.1, -0.05) is 18.2 Å². The molecular formula is C10H7F3N4O2S. The van der Waals surface area contributed by atoms with Crippen molar-refractivity contribution in [1.29, 1.82) is 0 Å². The lowest BCUT2D eigenvalue weighted by molar-refractivity contribution is -0.385. The number of alkyl halides is 3. The minimum absolute atomic E-state index is 0.0103. The number of hydrogen-bond acceptors (Lipinski definition) is 6. The third kappa shape index (κ3) is 3.20. The molecule has 1 N–H and O–H groups in total. The number of para-hydroxylation sites is 1. The Balaban J connectivity index is 2.10. The molecule has 20 heavy (non-hydrogen) atoms. The molecule has 0 fully saturated rings. The Kier molecular flexibility index (Phi) is 3.84. The molecule has 0 amide bonds. The highest BCUT2D eigenvalue weighted by atomic mass is 32.1. The molecule has 1 aromatic carbocycles. The molecule has 0 unspecified atom stereocenters. The van der Waals surface area contributed by atoms with E-state index >= 15 is 0 Å². The maximum absolute atomic E-state index is 12.3. The van der Waals surface area contributed by atoms with Crippen LogP contribution in [-0.4, -0.2) is 14.3 Å². The van der Waals surface area contributed by atoms with Crippen molar-refractivity contribution < 1.29 is 18.1 Å². The number of rotatable bonds is 4. The lowest BCUT2D eigenvalue weighted by Crippen LogP contribution is -2.08. The van der Waals surface area contributed by atoms with Gasteiger partial charge in [0.15, 0.2) is 0 Å². The van der Waals surface area contributed by atoms with E-state index in [0.29, 0.717) is 17.1 Å². The summed E-state index contributed by atoms with van der Waals surface area (Å²) in [6, 6.07) is 5.94. The first-order valence-electron chi connectivity index (χ1n) is 5.25. The van der Waals surface area contributed by atoms with Crippen molar-refractivity contribution in [3.05, 3.63) is 45.8 Å². The minimum Gasteiger partial charge on any atom is -0.356 e. The second kappa shape index (κ2) is 5.41. The number of nitro benzene ring substituents is 1. The van der Waals surface area contributed by atoms with Gasteiger partial charge < -0.3 is 5.32 Å². The molecular weight excluding hydrogens is 297 g/mol. The Bertz CT molecular complexity index is 629. The number of hydrogen-bond donors (Lipinski definition) is 1. The summed E-state index contributed by atoms with van der Waals surface area (Å²) < 4.78 is 40.1. The van der Waals surface area contributed by atoms with Crippen LogP contribution in [0.25, 0.3) is 0 Å². The number of benzene rings is 1. The van der Waals surface area contributed by atoms with Gasteiger partial charge in [-0.25, -0.2) is 0 Å². The maximum Gasteiger partial charge on any atom is 0.452 e. The highest BCUT2D eigenvalue weighted by Gasteiger charge is 2.36. The Labute approximate surface area is 114 Å². The number of nitrogens with zero attached hydrogens (tertiary/aromatic N) is 3. The van der Waals surface area contributed by atoms with Gasteiger partial charge >= 0.3 is 6.18 Å². The summed E-state index contributed by atoms with van der Waals surface area (Å²) in [5.74, 6) is -1.23.